The topological polar surface area (TPSA) is 30.9 Å². The first-order valence-electron chi connectivity index (χ1n) is 7.10. The molecule has 0 aliphatic carbocycles. The van der Waals surface area contributed by atoms with Crippen molar-refractivity contribution in [2.75, 3.05) is 0 Å². The Hall–Kier alpha value is -2.06. The van der Waals surface area contributed by atoms with Gasteiger partial charge in [-0.1, -0.05) is 48.5 Å². The maximum Gasteiger partial charge on any atom is 0.0516 e. The van der Waals surface area contributed by atoms with E-state index in [0.717, 1.165) is 13.0 Å². The van der Waals surface area contributed by atoms with Crippen molar-refractivity contribution in [1.82, 2.24) is 4.57 Å². The van der Waals surface area contributed by atoms with Gasteiger partial charge in [0, 0.05) is 18.8 Å². The molecule has 3 rings (SSSR count). The van der Waals surface area contributed by atoms with Crippen LogP contribution >= 0.6 is 0 Å². The molecule has 102 valence electrons. The van der Waals surface area contributed by atoms with Crippen molar-refractivity contribution in [3.05, 3.63) is 71.9 Å². The molecular formula is C18H20N2. The highest BCUT2D eigenvalue weighted by atomic mass is 15.0. The van der Waals surface area contributed by atoms with Gasteiger partial charge in [0.05, 0.1) is 5.52 Å². The first-order chi connectivity index (χ1) is 9.74. The molecule has 2 N–H and O–H groups in total. The number of rotatable bonds is 4. The van der Waals surface area contributed by atoms with Crippen LogP contribution in [0.1, 0.15) is 18.1 Å². The van der Waals surface area contributed by atoms with Crippen LogP contribution in [-0.4, -0.2) is 10.6 Å². The van der Waals surface area contributed by atoms with Crippen LogP contribution < -0.4 is 5.73 Å². The molecule has 1 unspecified atom stereocenters. The summed E-state index contributed by atoms with van der Waals surface area (Å²) in [5.41, 5.74) is 9.94. The third-order valence-electron chi connectivity index (χ3n) is 3.61. The maximum atomic E-state index is 5.98. The van der Waals surface area contributed by atoms with E-state index in [4.69, 9.17) is 5.73 Å². The van der Waals surface area contributed by atoms with E-state index in [9.17, 15) is 0 Å². The first-order valence-corrected chi connectivity index (χ1v) is 7.10. The van der Waals surface area contributed by atoms with Crippen molar-refractivity contribution in [1.29, 1.82) is 0 Å². The SMILES string of the molecule is CC(N)Cc1cccc2ccn(Cc3ccccc3)c12. The summed E-state index contributed by atoms with van der Waals surface area (Å²) in [6, 6.07) is 19.4. The van der Waals surface area contributed by atoms with E-state index >= 15 is 0 Å². The van der Waals surface area contributed by atoms with Gasteiger partial charge in [-0.3, -0.25) is 0 Å². The molecule has 0 spiro atoms. The number of hydrogen-bond donors (Lipinski definition) is 1. The second-order valence-corrected chi connectivity index (χ2v) is 5.47. The summed E-state index contributed by atoms with van der Waals surface area (Å²) in [5, 5.41) is 1.29. The van der Waals surface area contributed by atoms with E-state index in [2.05, 4.69) is 72.3 Å². The number of fused-ring (bicyclic) bond motifs is 1. The van der Waals surface area contributed by atoms with Crippen LogP contribution in [0.3, 0.4) is 0 Å². The van der Waals surface area contributed by atoms with Gasteiger partial charge in [-0.2, -0.15) is 0 Å². The second kappa shape index (κ2) is 5.51. The van der Waals surface area contributed by atoms with Gasteiger partial charge < -0.3 is 10.3 Å². The van der Waals surface area contributed by atoms with Gasteiger partial charge in [-0.15, -0.1) is 0 Å². The Morgan fingerprint density at radius 3 is 2.55 bits per heavy atom. The summed E-state index contributed by atoms with van der Waals surface area (Å²) in [6.45, 7) is 2.96. The molecule has 0 saturated carbocycles. The van der Waals surface area contributed by atoms with Gasteiger partial charge in [-0.25, -0.2) is 0 Å². The summed E-state index contributed by atoms with van der Waals surface area (Å²) in [4.78, 5) is 0. The number of nitrogens with zero attached hydrogens (tertiary/aromatic N) is 1. The highest BCUT2D eigenvalue weighted by Gasteiger charge is 2.08. The Kier molecular flexibility index (Phi) is 3.57. The molecule has 0 fully saturated rings. The molecule has 0 aliphatic rings. The van der Waals surface area contributed by atoms with Gasteiger partial charge in [0.25, 0.3) is 0 Å². The average molecular weight is 264 g/mol. The van der Waals surface area contributed by atoms with E-state index in [1.54, 1.807) is 0 Å². The largest absolute Gasteiger partial charge is 0.343 e. The lowest BCUT2D eigenvalue weighted by atomic mass is 10.0. The summed E-state index contributed by atoms with van der Waals surface area (Å²) in [5.74, 6) is 0. The fourth-order valence-corrected chi connectivity index (χ4v) is 2.76. The summed E-state index contributed by atoms with van der Waals surface area (Å²) >= 11 is 0. The van der Waals surface area contributed by atoms with Gasteiger partial charge >= 0.3 is 0 Å². The lowest BCUT2D eigenvalue weighted by molar-refractivity contribution is 0.735. The average Bonchev–Trinajstić information content (AvgIpc) is 2.84. The van der Waals surface area contributed by atoms with E-state index in [0.29, 0.717) is 0 Å². The van der Waals surface area contributed by atoms with E-state index in [1.807, 2.05) is 0 Å². The van der Waals surface area contributed by atoms with Crippen LogP contribution in [0.15, 0.2) is 60.8 Å². The van der Waals surface area contributed by atoms with E-state index in [1.165, 1.54) is 22.0 Å². The summed E-state index contributed by atoms with van der Waals surface area (Å²) in [6.07, 6.45) is 3.08. The zero-order valence-corrected chi connectivity index (χ0v) is 11.8. The molecule has 2 aromatic carbocycles. The summed E-state index contributed by atoms with van der Waals surface area (Å²) < 4.78 is 2.32. The minimum atomic E-state index is 0.181. The van der Waals surface area contributed by atoms with E-state index < -0.39 is 0 Å². The standard InChI is InChI=1S/C18H20N2/c1-14(19)12-17-9-5-8-16-10-11-20(18(16)17)13-15-6-3-2-4-7-15/h2-11,14H,12-13,19H2,1H3. The Balaban J connectivity index is 2.03. The van der Waals surface area contributed by atoms with Crippen molar-refractivity contribution < 1.29 is 0 Å². The minimum absolute atomic E-state index is 0.181. The van der Waals surface area contributed by atoms with Crippen molar-refractivity contribution in [2.45, 2.75) is 25.9 Å². The van der Waals surface area contributed by atoms with Crippen LogP contribution in [0, 0.1) is 0 Å². The molecule has 0 amide bonds. The van der Waals surface area contributed by atoms with E-state index in [-0.39, 0.29) is 6.04 Å². The van der Waals surface area contributed by atoms with Crippen LogP contribution in [0.25, 0.3) is 10.9 Å². The number of aromatic nitrogens is 1. The highest BCUT2D eigenvalue weighted by Crippen LogP contribution is 2.22. The minimum Gasteiger partial charge on any atom is -0.343 e. The molecule has 1 atom stereocenters. The zero-order chi connectivity index (χ0) is 13.9. The van der Waals surface area contributed by atoms with Gasteiger partial charge in [0.1, 0.15) is 0 Å². The molecule has 2 heteroatoms. The highest BCUT2D eigenvalue weighted by molar-refractivity contribution is 5.83. The fraction of sp³-hybridized carbons (Fsp3) is 0.222. The second-order valence-electron chi connectivity index (χ2n) is 5.47. The van der Waals surface area contributed by atoms with Crippen LogP contribution in [0.2, 0.25) is 0 Å². The molecule has 20 heavy (non-hydrogen) atoms. The predicted octanol–water partition coefficient (Wildman–Crippen LogP) is 3.58. The fourth-order valence-electron chi connectivity index (χ4n) is 2.76. The Morgan fingerprint density at radius 2 is 1.80 bits per heavy atom. The van der Waals surface area contributed by atoms with Crippen LogP contribution in [0.5, 0.6) is 0 Å². The number of nitrogens with two attached hydrogens (primary N) is 1. The Morgan fingerprint density at radius 1 is 1.00 bits per heavy atom. The van der Waals surface area contributed by atoms with Gasteiger partial charge in [0.2, 0.25) is 0 Å². The normalized spacial score (nSPS) is 12.7. The molecule has 2 nitrogen and oxygen atoms in total. The lowest BCUT2D eigenvalue weighted by Gasteiger charge is -2.12. The van der Waals surface area contributed by atoms with Gasteiger partial charge in [0.15, 0.2) is 0 Å². The van der Waals surface area contributed by atoms with Crippen molar-refractivity contribution in [3.8, 4) is 0 Å². The third-order valence-corrected chi connectivity index (χ3v) is 3.61. The maximum absolute atomic E-state index is 5.98. The van der Waals surface area contributed by atoms with Crippen molar-refractivity contribution in [2.24, 2.45) is 5.73 Å². The molecule has 1 aromatic heterocycles. The molecule has 0 saturated heterocycles. The lowest BCUT2D eigenvalue weighted by Crippen LogP contribution is -2.18. The number of hydrogen-bond acceptors (Lipinski definition) is 1. The van der Waals surface area contributed by atoms with Gasteiger partial charge in [-0.05, 0) is 35.9 Å². The predicted molar refractivity (Wildman–Crippen MR) is 84.8 cm³/mol. The molecule has 1 heterocycles. The monoisotopic (exact) mass is 264 g/mol. The molecule has 3 aromatic rings. The Bertz CT molecular complexity index is 696. The third kappa shape index (κ3) is 2.61. The quantitative estimate of drug-likeness (QED) is 0.767. The van der Waals surface area contributed by atoms with Crippen LogP contribution in [-0.2, 0) is 13.0 Å². The summed E-state index contributed by atoms with van der Waals surface area (Å²) in [7, 11) is 0. The molecule has 0 radical (unpaired) electrons. The zero-order valence-electron chi connectivity index (χ0n) is 11.8. The number of benzene rings is 2. The number of para-hydroxylation sites is 1. The van der Waals surface area contributed by atoms with Crippen LogP contribution in [0.4, 0.5) is 0 Å². The molecular weight excluding hydrogens is 244 g/mol. The molecule has 0 aliphatic heterocycles. The van der Waals surface area contributed by atoms with Crippen molar-refractivity contribution >= 4 is 10.9 Å². The smallest absolute Gasteiger partial charge is 0.0516 e. The Labute approximate surface area is 119 Å². The molecule has 0 bridgehead atoms. The first kappa shape index (κ1) is 12.9. The van der Waals surface area contributed by atoms with Crippen molar-refractivity contribution in [3.63, 3.8) is 0 Å².